The molecule has 122 valence electrons. The topological polar surface area (TPSA) is 92.7 Å². The number of thioether (sulfide) groups is 1. The Bertz CT molecular complexity index is 365. The van der Waals surface area contributed by atoms with E-state index in [9.17, 15) is 14.4 Å². The third-order valence-electron chi connectivity index (χ3n) is 2.30. The minimum atomic E-state index is -1.25. The van der Waals surface area contributed by atoms with Crippen molar-refractivity contribution in [1.82, 2.24) is 5.32 Å². The van der Waals surface area contributed by atoms with E-state index >= 15 is 0 Å². The minimum absolute atomic E-state index is 0.193. The Morgan fingerprint density at radius 2 is 1.90 bits per heavy atom. The zero-order chi connectivity index (χ0) is 16.5. The molecule has 21 heavy (non-hydrogen) atoms. The molecule has 0 spiro atoms. The fourth-order valence-electron chi connectivity index (χ4n) is 1.40. The first kappa shape index (κ1) is 19.8. The van der Waals surface area contributed by atoms with Gasteiger partial charge in [0.15, 0.2) is 0 Å². The standard InChI is InChI=1S/C14H25NO5S/c1-5-6-7-21-9-11(16)15-10(13(18)19)8-12(17)20-14(2,3)4/h10H,5-9H2,1-4H3,(H,15,16)(H,18,19)/t10-/m0/s1. The second-order valence-electron chi connectivity index (χ2n) is 5.66. The summed E-state index contributed by atoms with van der Waals surface area (Å²) < 4.78 is 5.05. The normalized spacial score (nSPS) is 12.6. The van der Waals surface area contributed by atoms with E-state index in [0.29, 0.717) is 0 Å². The van der Waals surface area contributed by atoms with Crippen LogP contribution in [0.3, 0.4) is 0 Å². The number of rotatable bonds is 9. The maximum Gasteiger partial charge on any atom is 0.326 e. The smallest absolute Gasteiger partial charge is 0.326 e. The highest BCUT2D eigenvalue weighted by molar-refractivity contribution is 7.99. The molecule has 0 rings (SSSR count). The van der Waals surface area contributed by atoms with Crippen LogP contribution in [0.5, 0.6) is 0 Å². The van der Waals surface area contributed by atoms with Crippen LogP contribution in [0.2, 0.25) is 0 Å². The van der Waals surface area contributed by atoms with Crippen LogP contribution in [-0.2, 0) is 19.1 Å². The van der Waals surface area contributed by atoms with Gasteiger partial charge in [-0.05, 0) is 32.9 Å². The summed E-state index contributed by atoms with van der Waals surface area (Å²) in [6.45, 7) is 7.15. The zero-order valence-electron chi connectivity index (χ0n) is 13.1. The van der Waals surface area contributed by atoms with Crippen molar-refractivity contribution in [3.05, 3.63) is 0 Å². The van der Waals surface area contributed by atoms with Gasteiger partial charge in [-0.1, -0.05) is 13.3 Å². The summed E-state index contributed by atoms with van der Waals surface area (Å²) in [5.74, 6) is -1.22. The maximum atomic E-state index is 11.6. The van der Waals surface area contributed by atoms with Gasteiger partial charge in [0.05, 0.1) is 12.2 Å². The molecule has 0 aliphatic rings. The summed E-state index contributed by atoms with van der Waals surface area (Å²) in [6.07, 6.45) is 1.68. The summed E-state index contributed by atoms with van der Waals surface area (Å²) >= 11 is 1.45. The van der Waals surface area contributed by atoms with Gasteiger partial charge in [0, 0.05) is 0 Å². The summed E-state index contributed by atoms with van der Waals surface area (Å²) in [4.78, 5) is 34.3. The van der Waals surface area contributed by atoms with Crippen molar-refractivity contribution >= 4 is 29.6 Å². The number of hydrogen-bond acceptors (Lipinski definition) is 5. The average Bonchev–Trinajstić information content (AvgIpc) is 2.31. The second kappa shape index (κ2) is 9.65. The first-order valence-electron chi connectivity index (χ1n) is 6.97. The van der Waals surface area contributed by atoms with E-state index in [1.165, 1.54) is 11.8 Å². The van der Waals surface area contributed by atoms with Gasteiger partial charge >= 0.3 is 11.9 Å². The Hall–Kier alpha value is -1.24. The van der Waals surface area contributed by atoms with Crippen molar-refractivity contribution < 1.29 is 24.2 Å². The summed E-state index contributed by atoms with van der Waals surface area (Å²) in [7, 11) is 0. The van der Waals surface area contributed by atoms with Crippen molar-refractivity contribution in [2.45, 2.75) is 58.6 Å². The van der Waals surface area contributed by atoms with Crippen LogP contribution in [0.15, 0.2) is 0 Å². The molecular formula is C14H25NO5S. The van der Waals surface area contributed by atoms with Crippen molar-refractivity contribution in [2.75, 3.05) is 11.5 Å². The molecule has 0 aromatic heterocycles. The first-order valence-corrected chi connectivity index (χ1v) is 8.13. The highest BCUT2D eigenvalue weighted by Crippen LogP contribution is 2.10. The van der Waals surface area contributed by atoms with E-state index in [1.54, 1.807) is 20.8 Å². The molecule has 0 unspecified atom stereocenters. The predicted octanol–water partition coefficient (Wildman–Crippen LogP) is 1.82. The van der Waals surface area contributed by atoms with Gasteiger partial charge in [0.1, 0.15) is 11.6 Å². The second-order valence-corrected chi connectivity index (χ2v) is 6.76. The molecule has 0 aromatic rings. The van der Waals surface area contributed by atoms with Gasteiger partial charge in [0.2, 0.25) is 5.91 Å². The van der Waals surface area contributed by atoms with E-state index < -0.39 is 23.6 Å². The van der Waals surface area contributed by atoms with Gasteiger partial charge < -0.3 is 15.2 Å². The van der Waals surface area contributed by atoms with E-state index in [0.717, 1.165) is 18.6 Å². The largest absolute Gasteiger partial charge is 0.480 e. The van der Waals surface area contributed by atoms with Gasteiger partial charge in [0.25, 0.3) is 0 Å². The van der Waals surface area contributed by atoms with Crippen LogP contribution in [0, 0.1) is 0 Å². The number of carbonyl (C=O) groups is 3. The maximum absolute atomic E-state index is 11.6. The molecule has 0 radical (unpaired) electrons. The molecule has 0 saturated carbocycles. The van der Waals surface area contributed by atoms with Crippen LogP contribution >= 0.6 is 11.8 Å². The Morgan fingerprint density at radius 3 is 2.38 bits per heavy atom. The lowest BCUT2D eigenvalue weighted by Gasteiger charge is -2.21. The van der Waals surface area contributed by atoms with E-state index in [-0.39, 0.29) is 18.1 Å². The monoisotopic (exact) mass is 319 g/mol. The quantitative estimate of drug-likeness (QED) is 0.497. The molecule has 0 aliphatic carbocycles. The first-order chi connectivity index (χ1) is 9.65. The lowest BCUT2D eigenvalue weighted by atomic mass is 10.1. The van der Waals surface area contributed by atoms with E-state index in [1.807, 2.05) is 0 Å². The molecule has 0 aromatic carbocycles. The minimum Gasteiger partial charge on any atom is -0.480 e. The fraction of sp³-hybridized carbons (Fsp3) is 0.786. The van der Waals surface area contributed by atoms with Gasteiger partial charge in [-0.15, -0.1) is 0 Å². The third-order valence-corrected chi connectivity index (χ3v) is 3.34. The van der Waals surface area contributed by atoms with Crippen LogP contribution in [0.4, 0.5) is 0 Å². The number of carboxylic acid groups (broad SMARTS) is 1. The third kappa shape index (κ3) is 11.1. The number of amides is 1. The van der Waals surface area contributed by atoms with Gasteiger partial charge in [-0.2, -0.15) is 11.8 Å². The number of carboxylic acids is 1. The van der Waals surface area contributed by atoms with Crippen molar-refractivity contribution in [3.63, 3.8) is 0 Å². The van der Waals surface area contributed by atoms with Crippen molar-refractivity contribution in [3.8, 4) is 0 Å². The number of hydrogen-bond donors (Lipinski definition) is 2. The molecule has 0 aliphatic heterocycles. The van der Waals surface area contributed by atoms with E-state index in [2.05, 4.69) is 12.2 Å². The molecule has 0 saturated heterocycles. The summed E-state index contributed by atoms with van der Waals surface area (Å²) in [5.41, 5.74) is -0.680. The van der Waals surface area contributed by atoms with Crippen LogP contribution in [0.25, 0.3) is 0 Å². The Balaban J connectivity index is 4.27. The van der Waals surface area contributed by atoms with Crippen LogP contribution in [-0.4, -0.2) is 46.1 Å². The Kier molecular flexibility index (Phi) is 9.08. The highest BCUT2D eigenvalue weighted by Gasteiger charge is 2.26. The number of esters is 1. The number of nitrogens with one attached hydrogen (secondary N) is 1. The predicted molar refractivity (Wildman–Crippen MR) is 82.3 cm³/mol. The van der Waals surface area contributed by atoms with E-state index in [4.69, 9.17) is 9.84 Å². The number of carbonyl (C=O) groups excluding carboxylic acids is 2. The molecule has 6 nitrogen and oxygen atoms in total. The molecule has 0 bridgehead atoms. The highest BCUT2D eigenvalue weighted by atomic mass is 32.2. The van der Waals surface area contributed by atoms with Gasteiger partial charge in [-0.25, -0.2) is 4.79 Å². The number of aliphatic carboxylic acids is 1. The van der Waals surface area contributed by atoms with Crippen LogP contribution < -0.4 is 5.32 Å². The number of ether oxygens (including phenoxy) is 1. The fourth-order valence-corrected chi connectivity index (χ4v) is 2.30. The summed E-state index contributed by atoms with van der Waals surface area (Å²) in [5, 5.41) is 11.4. The Morgan fingerprint density at radius 1 is 1.29 bits per heavy atom. The van der Waals surface area contributed by atoms with Crippen LogP contribution in [0.1, 0.15) is 47.0 Å². The zero-order valence-corrected chi connectivity index (χ0v) is 13.9. The lowest BCUT2D eigenvalue weighted by molar-refractivity contribution is -0.158. The molecule has 7 heteroatoms. The number of unbranched alkanes of at least 4 members (excludes halogenated alkanes) is 1. The lowest BCUT2D eigenvalue weighted by Crippen LogP contribution is -2.44. The average molecular weight is 319 g/mol. The van der Waals surface area contributed by atoms with Crippen molar-refractivity contribution in [2.24, 2.45) is 0 Å². The Labute approximate surface area is 130 Å². The SMILES string of the molecule is CCCCSCC(=O)N[C@@H](CC(=O)OC(C)(C)C)C(=O)O. The molecule has 1 atom stereocenters. The molecular weight excluding hydrogens is 294 g/mol. The van der Waals surface area contributed by atoms with Gasteiger partial charge in [-0.3, -0.25) is 9.59 Å². The molecule has 0 fully saturated rings. The van der Waals surface area contributed by atoms with Crippen molar-refractivity contribution in [1.29, 1.82) is 0 Å². The molecule has 2 N–H and O–H groups in total. The molecule has 1 amide bonds. The molecule has 0 heterocycles. The summed E-state index contributed by atoms with van der Waals surface area (Å²) in [6, 6.07) is -1.25.